The molecule has 130 valence electrons. The van der Waals surface area contributed by atoms with Crippen LogP contribution in [-0.4, -0.2) is 31.1 Å². The monoisotopic (exact) mass is 392 g/mol. The number of halogens is 4. The SMILES string of the molecule is CC(C)CC[C@H](c1cc(C(F)(F)F)ccc1Br)N1CCNCC1. The van der Waals surface area contributed by atoms with Crippen molar-refractivity contribution in [3.63, 3.8) is 0 Å². The molecule has 1 fully saturated rings. The first-order valence-corrected chi connectivity index (χ1v) is 8.89. The fourth-order valence-corrected chi connectivity index (χ4v) is 3.51. The Morgan fingerprint density at radius 1 is 1.17 bits per heavy atom. The summed E-state index contributed by atoms with van der Waals surface area (Å²) in [7, 11) is 0. The molecule has 6 heteroatoms. The first kappa shape index (κ1) is 18.7. The number of hydrogen-bond acceptors (Lipinski definition) is 2. The Morgan fingerprint density at radius 3 is 2.39 bits per heavy atom. The lowest BCUT2D eigenvalue weighted by Gasteiger charge is -2.36. The van der Waals surface area contributed by atoms with Gasteiger partial charge >= 0.3 is 6.18 Å². The van der Waals surface area contributed by atoms with Gasteiger partial charge in [-0.25, -0.2) is 0 Å². The van der Waals surface area contributed by atoms with Crippen molar-refractivity contribution in [2.45, 2.75) is 38.9 Å². The van der Waals surface area contributed by atoms with Gasteiger partial charge in [0.05, 0.1) is 5.56 Å². The number of nitrogens with zero attached hydrogens (tertiary/aromatic N) is 1. The van der Waals surface area contributed by atoms with Crippen LogP contribution in [0.4, 0.5) is 13.2 Å². The summed E-state index contributed by atoms with van der Waals surface area (Å²) in [6.45, 7) is 7.80. The number of alkyl halides is 3. The van der Waals surface area contributed by atoms with Gasteiger partial charge in [0.2, 0.25) is 0 Å². The van der Waals surface area contributed by atoms with Crippen LogP contribution >= 0.6 is 15.9 Å². The van der Waals surface area contributed by atoms with E-state index in [9.17, 15) is 13.2 Å². The van der Waals surface area contributed by atoms with Crippen molar-refractivity contribution in [2.24, 2.45) is 5.92 Å². The third-order valence-corrected chi connectivity index (χ3v) is 5.01. The third-order valence-electron chi connectivity index (χ3n) is 4.29. The minimum atomic E-state index is -4.30. The van der Waals surface area contributed by atoms with Crippen molar-refractivity contribution in [1.82, 2.24) is 10.2 Å². The van der Waals surface area contributed by atoms with E-state index in [0.29, 0.717) is 5.92 Å². The highest BCUT2D eigenvalue weighted by molar-refractivity contribution is 9.10. The average Bonchev–Trinajstić information content (AvgIpc) is 2.48. The zero-order valence-electron chi connectivity index (χ0n) is 13.6. The molecular formula is C17H24BrF3N2. The van der Waals surface area contributed by atoms with Crippen molar-refractivity contribution in [2.75, 3.05) is 26.2 Å². The van der Waals surface area contributed by atoms with Crippen LogP contribution in [0, 0.1) is 5.92 Å². The molecule has 0 bridgehead atoms. The number of rotatable bonds is 5. The zero-order chi connectivity index (χ0) is 17.0. The first-order valence-electron chi connectivity index (χ1n) is 8.10. The molecule has 0 unspecified atom stereocenters. The Morgan fingerprint density at radius 2 is 1.83 bits per heavy atom. The smallest absolute Gasteiger partial charge is 0.314 e. The van der Waals surface area contributed by atoms with Crippen LogP contribution in [0.15, 0.2) is 22.7 Å². The van der Waals surface area contributed by atoms with Gasteiger partial charge in [0.25, 0.3) is 0 Å². The predicted molar refractivity (Wildman–Crippen MR) is 90.4 cm³/mol. The summed E-state index contributed by atoms with van der Waals surface area (Å²) >= 11 is 3.46. The summed E-state index contributed by atoms with van der Waals surface area (Å²) in [6.07, 6.45) is -2.43. The van der Waals surface area contributed by atoms with E-state index >= 15 is 0 Å². The summed E-state index contributed by atoms with van der Waals surface area (Å²) in [5.41, 5.74) is 0.183. The number of benzene rings is 1. The van der Waals surface area contributed by atoms with Gasteiger partial charge in [0.15, 0.2) is 0 Å². The molecule has 1 atom stereocenters. The molecule has 0 saturated carbocycles. The largest absolute Gasteiger partial charge is 0.416 e. The Hall–Kier alpha value is -0.590. The lowest BCUT2D eigenvalue weighted by Crippen LogP contribution is -2.45. The fraction of sp³-hybridized carbons (Fsp3) is 0.647. The Bertz CT molecular complexity index is 511. The minimum Gasteiger partial charge on any atom is -0.314 e. The van der Waals surface area contributed by atoms with Crippen molar-refractivity contribution in [3.05, 3.63) is 33.8 Å². The van der Waals surface area contributed by atoms with Crippen LogP contribution in [0.5, 0.6) is 0 Å². The summed E-state index contributed by atoms with van der Waals surface area (Å²) in [4.78, 5) is 2.30. The van der Waals surface area contributed by atoms with Gasteiger partial charge in [-0.05, 0) is 42.5 Å². The van der Waals surface area contributed by atoms with Crippen LogP contribution in [0.1, 0.15) is 43.9 Å². The zero-order valence-corrected chi connectivity index (χ0v) is 15.2. The van der Waals surface area contributed by atoms with E-state index in [2.05, 4.69) is 40.0 Å². The summed E-state index contributed by atoms with van der Waals surface area (Å²) < 4.78 is 40.0. The molecule has 1 aromatic carbocycles. The molecule has 0 aromatic heterocycles. The third kappa shape index (κ3) is 5.19. The maximum Gasteiger partial charge on any atom is 0.416 e. The quantitative estimate of drug-likeness (QED) is 0.770. The molecule has 0 aliphatic carbocycles. The Kier molecular flexibility index (Phi) is 6.51. The molecule has 0 radical (unpaired) electrons. The van der Waals surface area contributed by atoms with E-state index < -0.39 is 11.7 Å². The minimum absolute atomic E-state index is 0.0242. The topological polar surface area (TPSA) is 15.3 Å². The lowest BCUT2D eigenvalue weighted by atomic mass is 9.94. The molecule has 2 nitrogen and oxygen atoms in total. The van der Waals surface area contributed by atoms with Crippen molar-refractivity contribution in [1.29, 1.82) is 0 Å². The molecule has 1 saturated heterocycles. The van der Waals surface area contributed by atoms with Gasteiger partial charge < -0.3 is 5.32 Å². The summed E-state index contributed by atoms with van der Waals surface area (Å²) in [6, 6.07) is 4.01. The first-order chi connectivity index (χ1) is 10.8. The van der Waals surface area contributed by atoms with Crippen LogP contribution in [0.3, 0.4) is 0 Å². The van der Waals surface area contributed by atoms with Gasteiger partial charge in [0.1, 0.15) is 0 Å². The second-order valence-corrected chi connectivity index (χ2v) is 7.36. The standard InChI is InChI=1S/C17H24BrF3N2/c1-12(2)3-6-16(23-9-7-22-8-10-23)14-11-13(17(19,20)21)4-5-15(14)18/h4-5,11-12,16,22H,3,6-10H2,1-2H3/t16-/m1/s1. The Balaban J connectivity index is 2.32. The fourth-order valence-electron chi connectivity index (χ4n) is 3.00. The summed E-state index contributed by atoms with van der Waals surface area (Å²) in [5.74, 6) is 0.532. The van der Waals surface area contributed by atoms with Crippen LogP contribution in [0.2, 0.25) is 0 Å². The number of hydrogen-bond donors (Lipinski definition) is 1. The Labute approximate surface area is 144 Å². The van der Waals surface area contributed by atoms with Gasteiger partial charge in [0, 0.05) is 36.7 Å². The molecule has 0 amide bonds. The molecule has 2 rings (SSSR count). The molecule has 1 aliphatic rings. The van der Waals surface area contributed by atoms with Crippen LogP contribution in [0.25, 0.3) is 0 Å². The highest BCUT2D eigenvalue weighted by Gasteiger charge is 2.32. The lowest BCUT2D eigenvalue weighted by molar-refractivity contribution is -0.137. The van der Waals surface area contributed by atoms with Gasteiger partial charge in [-0.2, -0.15) is 13.2 Å². The van der Waals surface area contributed by atoms with Gasteiger partial charge in [-0.15, -0.1) is 0 Å². The maximum atomic E-state index is 13.1. The molecule has 23 heavy (non-hydrogen) atoms. The van der Waals surface area contributed by atoms with E-state index in [1.165, 1.54) is 12.1 Å². The van der Waals surface area contributed by atoms with E-state index in [1.54, 1.807) is 0 Å². The predicted octanol–water partition coefficient (Wildman–Crippen LogP) is 4.85. The van der Waals surface area contributed by atoms with Crippen molar-refractivity contribution >= 4 is 15.9 Å². The maximum absolute atomic E-state index is 13.1. The highest BCUT2D eigenvalue weighted by atomic mass is 79.9. The average molecular weight is 393 g/mol. The highest BCUT2D eigenvalue weighted by Crippen LogP contribution is 2.37. The second kappa shape index (κ2) is 7.99. The molecule has 1 aliphatic heterocycles. The normalized spacial score (nSPS) is 18.4. The molecule has 1 N–H and O–H groups in total. The van der Waals surface area contributed by atoms with E-state index in [1.807, 2.05) is 0 Å². The van der Waals surface area contributed by atoms with Crippen LogP contribution in [-0.2, 0) is 6.18 Å². The summed E-state index contributed by atoms with van der Waals surface area (Å²) in [5, 5.41) is 3.30. The van der Waals surface area contributed by atoms with Gasteiger partial charge in [-0.3, -0.25) is 4.90 Å². The molecule has 0 spiro atoms. The number of nitrogens with one attached hydrogen (secondary N) is 1. The molecule has 1 aromatic rings. The van der Waals surface area contributed by atoms with Crippen LogP contribution < -0.4 is 5.32 Å². The number of piperazine rings is 1. The van der Waals surface area contributed by atoms with E-state index in [-0.39, 0.29) is 6.04 Å². The van der Waals surface area contributed by atoms with E-state index in [4.69, 9.17) is 0 Å². The van der Waals surface area contributed by atoms with E-state index in [0.717, 1.165) is 55.1 Å². The second-order valence-electron chi connectivity index (χ2n) is 6.51. The van der Waals surface area contributed by atoms with Crippen molar-refractivity contribution in [3.8, 4) is 0 Å². The molecule has 1 heterocycles. The van der Waals surface area contributed by atoms with Crippen molar-refractivity contribution < 1.29 is 13.2 Å². The van der Waals surface area contributed by atoms with Gasteiger partial charge in [-0.1, -0.05) is 29.8 Å². The molecular weight excluding hydrogens is 369 g/mol.